The number of carbonyl (C=O) groups excluding carboxylic acids is 2. The van der Waals surface area contributed by atoms with E-state index in [0.717, 1.165) is 5.56 Å². The minimum atomic E-state index is -1.05. The first-order valence-electron chi connectivity index (χ1n) is 7.79. The topological polar surface area (TPSA) is 84.9 Å². The maximum Gasteiger partial charge on any atom is 0.328 e. The van der Waals surface area contributed by atoms with Gasteiger partial charge in [0.25, 0.3) is 0 Å². The molecule has 1 saturated heterocycles. The van der Waals surface area contributed by atoms with E-state index in [1.807, 2.05) is 30.3 Å². The number of hydrogen-bond donors (Lipinski definition) is 2. The van der Waals surface area contributed by atoms with Gasteiger partial charge in [0.05, 0.1) is 12.0 Å². The molecule has 2 N–H and O–H groups in total. The van der Waals surface area contributed by atoms with Crippen molar-refractivity contribution in [3.63, 3.8) is 0 Å². The lowest BCUT2D eigenvalue weighted by molar-refractivity contribution is -0.149. The van der Waals surface area contributed by atoms with Gasteiger partial charge in [-0.1, -0.05) is 30.3 Å². The molecule has 0 radical (unpaired) electrons. The van der Waals surface area contributed by atoms with Crippen molar-refractivity contribution >= 4 is 11.9 Å². The maximum atomic E-state index is 12.0. The summed E-state index contributed by atoms with van der Waals surface area (Å²) in [6.45, 7) is 2.62. The van der Waals surface area contributed by atoms with E-state index in [1.165, 1.54) is 0 Å². The van der Waals surface area contributed by atoms with E-state index in [2.05, 4.69) is 5.32 Å². The van der Waals surface area contributed by atoms with Crippen LogP contribution in [-0.2, 0) is 25.7 Å². The van der Waals surface area contributed by atoms with E-state index < -0.39 is 17.6 Å². The highest BCUT2D eigenvalue weighted by Crippen LogP contribution is 2.23. The third kappa shape index (κ3) is 5.65. The summed E-state index contributed by atoms with van der Waals surface area (Å²) in [5.41, 5.74) is -0.161. The molecule has 0 aromatic heterocycles. The van der Waals surface area contributed by atoms with Crippen LogP contribution in [0.4, 0.5) is 0 Å². The number of esters is 1. The van der Waals surface area contributed by atoms with E-state index in [4.69, 9.17) is 9.47 Å². The molecule has 1 aliphatic heterocycles. The molecular formula is C17H23NO5. The second-order valence-corrected chi connectivity index (χ2v) is 5.90. The number of aliphatic hydroxyl groups is 1. The molecule has 0 unspecified atom stereocenters. The molecule has 1 fully saturated rings. The van der Waals surface area contributed by atoms with Crippen molar-refractivity contribution in [3.05, 3.63) is 35.9 Å². The van der Waals surface area contributed by atoms with E-state index >= 15 is 0 Å². The summed E-state index contributed by atoms with van der Waals surface area (Å²) in [4.78, 5) is 23.9. The van der Waals surface area contributed by atoms with Crippen LogP contribution in [0.1, 0.15) is 31.7 Å². The zero-order valence-electron chi connectivity index (χ0n) is 13.3. The highest BCUT2D eigenvalue weighted by atomic mass is 16.5. The molecule has 1 heterocycles. The van der Waals surface area contributed by atoms with E-state index in [9.17, 15) is 14.7 Å². The Hall–Kier alpha value is -1.92. The molecule has 1 amide bonds. The van der Waals surface area contributed by atoms with Crippen LogP contribution in [0.5, 0.6) is 0 Å². The fourth-order valence-electron chi connectivity index (χ4n) is 2.43. The van der Waals surface area contributed by atoms with Gasteiger partial charge in [-0.05, 0) is 12.5 Å². The lowest BCUT2D eigenvalue weighted by Crippen LogP contribution is -2.45. The molecule has 6 nitrogen and oxygen atoms in total. The van der Waals surface area contributed by atoms with Crippen LogP contribution in [-0.4, -0.2) is 41.8 Å². The highest BCUT2D eigenvalue weighted by Gasteiger charge is 2.33. The number of carbonyl (C=O) groups is 2. The number of ether oxygens (including phenoxy) is 2. The Morgan fingerprint density at radius 2 is 1.96 bits per heavy atom. The van der Waals surface area contributed by atoms with Crippen molar-refractivity contribution in [2.45, 2.75) is 44.4 Å². The molecule has 0 spiro atoms. The Bertz CT molecular complexity index is 525. The minimum Gasteiger partial charge on any atom is -0.459 e. The predicted octanol–water partition coefficient (Wildman–Crippen LogP) is 1.17. The average Bonchev–Trinajstić information content (AvgIpc) is 2.53. The molecule has 1 atom stereocenters. The minimum absolute atomic E-state index is 0.0351. The predicted molar refractivity (Wildman–Crippen MR) is 83.5 cm³/mol. The molecule has 126 valence electrons. The number of nitrogens with one attached hydrogen (secondary N) is 1. The zero-order chi connectivity index (χ0) is 16.7. The highest BCUT2D eigenvalue weighted by molar-refractivity contribution is 5.84. The normalized spacial score (nSPS) is 18.0. The summed E-state index contributed by atoms with van der Waals surface area (Å²) < 4.78 is 10.3. The van der Waals surface area contributed by atoms with Crippen LogP contribution in [0.15, 0.2) is 30.3 Å². The van der Waals surface area contributed by atoms with Gasteiger partial charge in [-0.15, -0.1) is 0 Å². The van der Waals surface area contributed by atoms with Crippen molar-refractivity contribution in [3.8, 4) is 0 Å². The maximum absolute atomic E-state index is 12.0. The van der Waals surface area contributed by atoms with Gasteiger partial charge in [0.15, 0.2) is 0 Å². The summed E-state index contributed by atoms with van der Waals surface area (Å²) in [6.07, 6.45) is 0.813. The van der Waals surface area contributed by atoms with Gasteiger partial charge in [0, 0.05) is 26.1 Å². The zero-order valence-corrected chi connectivity index (χ0v) is 13.3. The molecular weight excluding hydrogens is 298 g/mol. The Kier molecular flexibility index (Phi) is 6.12. The molecule has 23 heavy (non-hydrogen) atoms. The van der Waals surface area contributed by atoms with Gasteiger partial charge >= 0.3 is 5.97 Å². The van der Waals surface area contributed by atoms with Gasteiger partial charge in [0.1, 0.15) is 12.6 Å². The number of benzene rings is 1. The number of amides is 1. The fraction of sp³-hybridized carbons (Fsp3) is 0.529. The molecule has 0 bridgehead atoms. The first-order valence-corrected chi connectivity index (χ1v) is 7.79. The molecule has 2 rings (SSSR count). The van der Waals surface area contributed by atoms with Crippen LogP contribution < -0.4 is 5.32 Å². The quantitative estimate of drug-likeness (QED) is 0.768. The van der Waals surface area contributed by atoms with Gasteiger partial charge in [-0.2, -0.15) is 0 Å². The van der Waals surface area contributed by atoms with E-state index in [-0.39, 0.29) is 18.9 Å². The molecule has 0 aliphatic carbocycles. The molecule has 1 aromatic rings. The monoisotopic (exact) mass is 321 g/mol. The molecule has 1 aromatic carbocycles. The Labute approximate surface area is 135 Å². The lowest BCUT2D eigenvalue weighted by atomic mass is 9.90. The molecule has 1 aliphatic rings. The number of hydrogen-bond acceptors (Lipinski definition) is 5. The first kappa shape index (κ1) is 17.4. The smallest absolute Gasteiger partial charge is 0.328 e. The summed E-state index contributed by atoms with van der Waals surface area (Å²) in [5.74, 6) is -0.861. The summed E-state index contributed by atoms with van der Waals surface area (Å²) in [7, 11) is 0. The Morgan fingerprint density at radius 1 is 1.30 bits per heavy atom. The second kappa shape index (κ2) is 8.08. The third-order valence-electron chi connectivity index (χ3n) is 3.87. The van der Waals surface area contributed by atoms with Gasteiger partial charge < -0.3 is 19.9 Å². The largest absolute Gasteiger partial charge is 0.459 e. The van der Waals surface area contributed by atoms with Crippen molar-refractivity contribution in [1.82, 2.24) is 5.32 Å². The van der Waals surface area contributed by atoms with Crippen molar-refractivity contribution in [1.29, 1.82) is 0 Å². The Balaban J connectivity index is 1.75. The van der Waals surface area contributed by atoms with Crippen LogP contribution >= 0.6 is 0 Å². The standard InChI is InChI=1S/C17H23NO5/c1-13(16(20)23-12-14-5-3-2-4-6-14)18-15(19)11-17(21)7-9-22-10-8-17/h2-6,13,21H,7-12H2,1H3,(H,18,19)/t13-/m0/s1. The fourth-order valence-corrected chi connectivity index (χ4v) is 2.43. The van der Waals surface area contributed by atoms with Crippen LogP contribution in [0.2, 0.25) is 0 Å². The number of rotatable bonds is 6. The van der Waals surface area contributed by atoms with Crippen LogP contribution in [0.3, 0.4) is 0 Å². The lowest BCUT2D eigenvalue weighted by Gasteiger charge is -2.31. The summed E-state index contributed by atoms with van der Waals surface area (Å²) in [6, 6.07) is 8.57. The van der Waals surface area contributed by atoms with Gasteiger partial charge in [-0.3, -0.25) is 4.79 Å². The third-order valence-corrected chi connectivity index (χ3v) is 3.87. The summed E-state index contributed by atoms with van der Waals surface area (Å²) in [5, 5.41) is 12.9. The average molecular weight is 321 g/mol. The van der Waals surface area contributed by atoms with Gasteiger partial charge in [-0.25, -0.2) is 4.79 Å². The van der Waals surface area contributed by atoms with Gasteiger partial charge in [0.2, 0.25) is 5.91 Å². The van der Waals surface area contributed by atoms with E-state index in [1.54, 1.807) is 6.92 Å². The summed E-state index contributed by atoms with van der Waals surface area (Å²) >= 11 is 0. The first-order chi connectivity index (χ1) is 11.0. The molecule has 0 saturated carbocycles. The SMILES string of the molecule is C[C@H](NC(=O)CC1(O)CCOCC1)C(=O)OCc1ccccc1. The van der Waals surface area contributed by atoms with Crippen molar-refractivity contribution < 1.29 is 24.2 Å². The van der Waals surface area contributed by atoms with Crippen molar-refractivity contribution in [2.75, 3.05) is 13.2 Å². The van der Waals surface area contributed by atoms with Crippen LogP contribution in [0.25, 0.3) is 0 Å². The van der Waals surface area contributed by atoms with Crippen LogP contribution in [0, 0.1) is 0 Å². The van der Waals surface area contributed by atoms with E-state index in [0.29, 0.717) is 26.1 Å². The van der Waals surface area contributed by atoms with Crippen molar-refractivity contribution in [2.24, 2.45) is 0 Å². The molecule has 6 heteroatoms. The second-order valence-electron chi connectivity index (χ2n) is 5.90. The Morgan fingerprint density at radius 3 is 2.61 bits per heavy atom.